The molecule has 0 spiro atoms. The van der Waals surface area contributed by atoms with Crippen molar-refractivity contribution in [2.24, 2.45) is 5.92 Å². The highest BCUT2D eigenvalue weighted by atomic mass is 19.1. The number of rotatable bonds is 5. The number of hydrogen-bond donors (Lipinski definition) is 3. The first-order valence-electron chi connectivity index (χ1n) is 13.5. The zero-order valence-electron chi connectivity index (χ0n) is 21.6. The monoisotopic (exact) mass is 531 g/mol. The Kier molecular flexibility index (Phi) is 6.03. The third kappa shape index (κ3) is 4.39. The SMILES string of the molecule is O=C(Nc1cncc(-c2ccc3[nH]nc(-c4nc5c(-c6ccccc6F)cncc5[nH]4)c3c2)c1)C1CCCCC1. The van der Waals surface area contributed by atoms with Gasteiger partial charge in [0.15, 0.2) is 5.82 Å². The number of carbonyl (C=O) groups excluding carboxylic acids is 1. The molecule has 0 saturated heterocycles. The molecule has 1 aliphatic carbocycles. The molecular weight excluding hydrogens is 505 g/mol. The van der Waals surface area contributed by atoms with Gasteiger partial charge < -0.3 is 10.3 Å². The maximum Gasteiger partial charge on any atom is 0.227 e. The first-order valence-corrected chi connectivity index (χ1v) is 13.5. The Morgan fingerprint density at radius 2 is 1.73 bits per heavy atom. The number of pyridine rings is 2. The van der Waals surface area contributed by atoms with Crippen molar-refractivity contribution in [3.8, 4) is 33.8 Å². The predicted octanol–water partition coefficient (Wildman–Crippen LogP) is 6.89. The van der Waals surface area contributed by atoms with Gasteiger partial charge >= 0.3 is 0 Å². The minimum absolute atomic E-state index is 0.0696. The number of nitrogens with zero attached hydrogens (tertiary/aromatic N) is 4. The van der Waals surface area contributed by atoms with E-state index in [4.69, 9.17) is 4.98 Å². The lowest BCUT2D eigenvalue weighted by molar-refractivity contribution is -0.120. The molecule has 1 fully saturated rings. The van der Waals surface area contributed by atoms with Crippen LogP contribution in [0.2, 0.25) is 0 Å². The van der Waals surface area contributed by atoms with Crippen molar-refractivity contribution in [1.82, 2.24) is 30.1 Å². The van der Waals surface area contributed by atoms with Gasteiger partial charge in [-0.05, 0) is 42.7 Å². The Labute approximate surface area is 229 Å². The van der Waals surface area contributed by atoms with E-state index in [1.807, 2.05) is 24.3 Å². The van der Waals surface area contributed by atoms with Crippen LogP contribution >= 0.6 is 0 Å². The summed E-state index contributed by atoms with van der Waals surface area (Å²) in [5, 5.41) is 11.5. The molecule has 9 heteroatoms. The maximum absolute atomic E-state index is 14.6. The van der Waals surface area contributed by atoms with Crippen LogP contribution in [0.5, 0.6) is 0 Å². The van der Waals surface area contributed by atoms with Crippen molar-refractivity contribution < 1.29 is 9.18 Å². The van der Waals surface area contributed by atoms with Crippen molar-refractivity contribution >= 4 is 33.5 Å². The van der Waals surface area contributed by atoms with Crippen molar-refractivity contribution in [2.45, 2.75) is 32.1 Å². The molecule has 3 N–H and O–H groups in total. The molecule has 0 unspecified atom stereocenters. The van der Waals surface area contributed by atoms with E-state index in [-0.39, 0.29) is 17.6 Å². The molecule has 6 aromatic rings. The van der Waals surface area contributed by atoms with Crippen LogP contribution in [0.15, 0.2) is 73.3 Å². The summed E-state index contributed by atoms with van der Waals surface area (Å²) in [6.45, 7) is 0. The molecule has 4 heterocycles. The Morgan fingerprint density at radius 1 is 0.875 bits per heavy atom. The molecule has 1 aliphatic rings. The number of amides is 1. The smallest absolute Gasteiger partial charge is 0.227 e. The van der Waals surface area contributed by atoms with Gasteiger partial charge in [0.1, 0.15) is 17.0 Å². The second-order valence-corrected chi connectivity index (χ2v) is 10.3. The van der Waals surface area contributed by atoms with Crippen LogP contribution in [0.3, 0.4) is 0 Å². The van der Waals surface area contributed by atoms with Gasteiger partial charge in [-0.25, -0.2) is 9.37 Å². The van der Waals surface area contributed by atoms with Crippen LogP contribution in [-0.2, 0) is 4.79 Å². The summed E-state index contributed by atoms with van der Waals surface area (Å²) in [6.07, 6.45) is 12.1. The molecule has 1 saturated carbocycles. The third-order valence-corrected chi connectivity index (χ3v) is 7.66. The van der Waals surface area contributed by atoms with Gasteiger partial charge in [-0.1, -0.05) is 43.5 Å². The molecule has 7 rings (SSSR count). The van der Waals surface area contributed by atoms with Crippen molar-refractivity contribution in [2.75, 3.05) is 5.32 Å². The van der Waals surface area contributed by atoms with Gasteiger partial charge in [0.2, 0.25) is 5.91 Å². The van der Waals surface area contributed by atoms with Crippen LogP contribution in [0.25, 0.3) is 55.7 Å². The number of halogens is 1. The summed E-state index contributed by atoms with van der Waals surface area (Å²) in [4.78, 5) is 29.6. The zero-order chi connectivity index (χ0) is 27.1. The molecule has 1 amide bonds. The van der Waals surface area contributed by atoms with Crippen LogP contribution in [0.1, 0.15) is 32.1 Å². The minimum Gasteiger partial charge on any atom is -0.335 e. The largest absolute Gasteiger partial charge is 0.335 e. The topological polar surface area (TPSA) is 112 Å². The zero-order valence-corrected chi connectivity index (χ0v) is 21.6. The van der Waals surface area contributed by atoms with Crippen LogP contribution in [0, 0.1) is 11.7 Å². The van der Waals surface area contributed by atoms with Crippen LogP contribution < -0.4 is 5.32 Å². The summed E-state index contributed by atoms with van der Waals surface area (Å²) in [5.74, 6) is 0.359. The van der Waals surface area contributed by atoms with E-state index in [9.17, 15) is 9.18 Å². The molecule has 0 atom stereocenters. The van der Waals surface area contributed by atoms with Gasteiger partial charge in [-0.2, -0.15) is 5.10 Å². The summed E-state index contributed by atoms with van der Waals surface area (Å²) in [7, 11) is 0. The van der Waals surface area contributed by atoms with E-state index in [1.165, 1.54) is 12.5 Å². The number of hydrogen-bond acceptors (Lipinski definition) is 5. The van der Waals surface area contributed by atoms with E-state index in [1.54, 1.807) is 43.0 Å². The average molecular weight is 532 g/mol. The van der Waals surface area contributed by atoms with Crippen molar-refractivity contribution in [1.29, 1.82) is 0 Å². The van der Waals surface area contributed by atoms with Gasteiger partial charge in [0, 0.05) is 40.4 Å². The quantitative estimate of drug-likeness (QED) is 0.224. The maximum atomic E-state index is 14.6. The molecule has 40 heavy (non-hydrogen) atoms. The molecule has 0 aliphatic heterocycles. The Morgan fingerprint density at radius 3 is 2.60 bits per heavy atom. The van der Waals surface area contributed by atoms with Crippen LogP contribution in [0.4, 0.5) is 10.1 Å². The number of anilines is 1. The predicted molar refractivity (Wildman–Crippen MR) is 153 cm³/mol. The molecule has 4 aromatic heterocycles. The van der Waals surface area contributed by atoms with E-state index < -0.39 is 0 Å². The van der Waals surface area contributed by atoms with E-state index in [0.29, 0.717) is 39.4 Å². The number of nitrogens with one attached hydrogen (secondary N) is 3. The summed E-state index contributed by atoms with van der Waals surface area (Å²) in [6, 6.07) is 14.5. The lowest BCUT2D eigenvalue weighted by Crippen LogP contribution is -2.24. The van der Waals surface area contributed by atoms with Gasteiger partial charge in [0.05, 0.1) is 29.1 Å². The average Bonchev–Trinajstić information content (AvgIpc) is 3.62. The Bertz CT molecular complexity index is 1870. The fourth-order valence-corrected chi connectivity index (χ4v) is 5.57. The van der Waals surface area contributed by atoms with Crippen molar-refractivity contribution in [3.05, 3.63) is 79.1 Å². The lowest BCUT2D eigenvalue weighted by atomic mass is 9.88. The second-order valence-electron chi connectivity index (χ2n) is 10.3. The Balaban J connectivity index is 1.23. The molecular formula is C31H26FN7O. The number of fused-ring (bicyclic) bond motifs is 2. The van der Waals surface area contributed by atoms with Crippen molar-refractivity contribution in [3.63, 3.8) is 0 Å². The molecule has 0 radical (unpaired) electrons. The Hall–Kier alpha value is -4.92. The lowest BCUT2D eigenvalue weighted by Gasteiger charge is -2.20. The fraction of sp³-hybridized carbons (Fsp3) is 0.194. The summed E-state index contributed by atoms with van der Waals surface area (Å²) < 4.78 is 14.6. The standard InChI is InChI=1S/C31H26FN7O/c32-25-9-5-4-8-22(25)24-16-34-17-27-28(24)37-30(36-27)29-23-13-19(10-11-26(23)38-39-29)20-12-21(15-33-14-20)35-31(40)18-6-2-1-3-7-18/h4-5,8-18H,1-3,6-7H2,(H,35,40)(H,36,37)(H,38,39). The number of aromatic nitrogens is 6. The number of H-pyrrole nitrogens is 2. The number of imidazole rings is 1. The fourth-order valence-electron chi connectivity index (χ4n) is 5.57. The van der Waals surface area contributed by atoms with E-state index in [2.05, 4.69) is 30.5 Å². The van der Waals surface area contributed by atoms with E-state index in [0.717, 1.165) is 47.7 Å². The van der Waals surface area contributed by atoms with E-state index >= 15 is 0 Å². The highest BCUT2D eigenvalue weighted by Crippen LogP contribution is 2.34. The molecule has 198 valence electrons. The highest BCUT2D eigenvalue weighted by molar-refractivity contribution is 5.98. The van der Waals surface area contributed by atoms with Gasteiger partial charge in [0.25, 0.3) is 0 Å². The minimum atomic E-state index is -0.331. The normalized spacial score (nSPS) is 14.1. The number of aromatic amines is 2. The van der Waals surface area contributed by atoms with Gasteiger partial charge in [-0.15, -0.1) is 0 Å². The number of carbonyl (C=O) groups is 1. The van der Waals surface area contributed by atoms with Crippen LogP contribution in [-0.4, -0.2) is 36.0 Å². The molecule has 2 aromatic carbocycles. The van der Waals surface area contributed by atoms with Gasteiger partial charge in [-0.3, -0.25) is 19.9 Å². The molecule has 8 nitrogen and oxygen atoms in total. The number of benzene rings is 2. The summed E-state index contributed by atoms with van der Waals surface area (Å²) >= 11 is 0. The first kappa shape index (κ1) is 24.1. The second kappa shape index (κ2) is 10.00. The third-order valence-electron chi connectivity index (χ3n) is 7.66. The first-order chi connectivity index (χ1) is 19.6. The molecule has 0 bridgehead atoms. The highest BCUT2D eigenvalue weighted by Gasteiger charge is 2.21. The summed E-state index contributed by atoms with van der Waals surface area (Å²) in [5.41, 5.74) is 6.34.